The van der Waals surface area contributed by atoms with Gasteiger partial charge in [0.15, 0.2) is 34.8 Å². The zero-order valence-corrected chi connectivity index (χ0v) is 18.4. The molecule has 8 heteroatoms. The molecule has 180 valence electrons. The monoisotopic (exact) mass is 490 g/mol. The van der Waals surface area contributed by atoms with Gasteiger partial charge in [-0.3, -0.25) is 0 Å². The highest BCUT2D eigenvalue weighted by atomic mass is 19.3. The van der Waals surface area contributed by atoms with Gasteiger partial charge in [-0.25, -0.2) is 22.0 Å². The second-order valence-electron chi connectivity index (χ2n) is 8.02. The second kappa shape index (κ2) is 9.09. The third kappa shape index (κ3) is 4.87. The van der Waals surface area contributed by atoms with Crippen molar-refractivity contribution in [3.63, 3.8) is 0 Å². The van der Waals surface area contributed by atoms with Gasteiger partial charge < -0.3 is 4.74 Å². The molecule has 0 unspecified atom stereocenters. The van der Waals surface area contributed by atoms with Gasteiger partial charge in [0.2, 0.25) is 0 Å². The molecular weight excluding hydrogens is 473 g/mol. The van der Waals surface area contributed by atoms with E-state index in [9.17, 15) is 30.7 Å². The summed E-state index contributed by atoms with van der Waals surface area (Å²) < 4.78 is 102. The van der Waals surface area contributed by atoms with Crippen LogP contribution < -0.4 is 4.74 Å². The molecule has 35 heavy (non-hydrogen) atoms. The molecule has 4 aromatic rings. The van der Waals surface area contributed by atoms with Gasteiger partial charge in [-0.15, -0.1) is 0 Å². The van der Waals surface area contributed by atoms with Crippen molar-refractivity contribution < 1.29 is 35.5 Å². The van der Waals surface area contributed by atoms with Gasteiger partial charge in [-0.05, 0) is 71.5 Å². The van der Waals surface area contributed by atoms with Crippen LogP contribution in [0.2, 0.25) is 0 Å². The molecule has 0 fully saturated rings. The van der Waals surface area contributed by atoms with Gasteiger partial charge in [0.05, 0.1) is 5.56 Å². The van der Waals surface area contributed by atoms with Crippen molar-refractivity contribution >= 4 is 0 Å². The molecule has 0 radical (unpaired) electrons. The van der Waals surface area contributed by atoms with Gasteiger partial charge in [-0.2, -0.15) is 8.78 Å². The zero-order valence-electron chi connectivity index (χ0n) is 18.4. The quantitative estimate of drug-likeness (QED) is 0.201. The Morgan fingerprint density at radius 1 is 0.543 bits per heavy atom. The zero-order chi connectivity index (χ0) is 25.5. The van der Waals surface area contributed by atoms with Crippen LogP contribution in [0.3, 0.4) is 0 Å². The predicted molar refractivity (Wildman–Crippen MR) is 118 cm³/mol. The SMILES string of the molecule is Cc1ccc(-c2ccc(-c3cc(F)c(OC(F)(F)c4cc(F)c(F)c(F)c4)c(F)c3)cc2)cc1C. The summed E-state index contributed by atoms with van der Waals surface area (Å²) in [6.45, 7) is 3.97. The predicted octanol–water partition coefficient (Wildman–Crippen LogP) is 8.46. The van der Waals surface area contributed by atoms with E-state index in [2.05, 4.69) is 4.74 Å². The van der Waals surface area contributed by atoms with Crippen molar-refractivity contribution in [2.75, 3.05) is 0 Å². The molecule has 0 aliphatic rings. The number of ether oxygens (including phenoxy) is 1. The van der Waals surface area contributed by atoms with Gasteiger partial charge in [0.25, 0.3) is 0 Å². The van der Waals surface area contributed by atoms with Crippen molar-refractivity contribution in [2.45, 2.75) is 20.0 Å². The van der Waals surface area contributed by atoms with E-state index in [4.69, 9.17) is 0 Å². The van der Waals surface area contributed by atoms with Crippen LogP contribution in [-0.4, -0.2) is 0 Å². The Balaban J connectivity index is 1.62. The summed E-state index contributed by atoms with van der Waals surface area (Å²) >= 11 is 0. The summed E-state index contributed by atoms with van der Waals surface area (Å²) in [5.41, 5.74) is 3.09. The molecule has 0 aromatic heterocycles. The molecular formula is C27H17F7O. The van der Waals surface area contributed by atoms with Crippen LogP contribution in [0.5, 0.6) is 5.75 Å². The number of aryl methyl sites for hydroxylation is 2. The summed E-state index contributed by atoms with van der Waals surface area (Å²) in [5, 5.41) is 0. The van der Waals surface area contributed by atoms with Crippen LogP contribution >= 0.6 is 0 Å². The van der Waals surface area contributed by atoms with Crippen molar-refractivity contribution in [2.24, 2.45) is 0 Å². The maximum Gasteiger partial charge on any atom is 0.427 e. The molecule has 0 heterocycles. The van der Waals surface area contributed by atoms with E-state index >= 15 is 0 Å². The second-order valence-corrected chi connectivity index (χ2v) is 8.02. The lowest BCUT2D eigenvalue weighted by molar-refractivity contribution is -0.188. The first-order valence-corrected chi connectivity index (χ1v) is 10.3. The molecule has 0 amide bonds. The molecule has 1 nitrogen and oxygen atoms in total. The standard InChI is InChI=1S/C27H17F7O/c1-14-3-4-18(9-15(14)2)16-5-7-17(8-6-16)19-10-23(30)26(24(31)11-19)35-27(33,34)20-12-21(28)25(32)22(29)13-20/h3-13H,1-2H3. The molecule has 0 aliphatic carbocycles. The van der Waals surface area contributed by atoms with Crippen LogP contribution in [-0.2, 0) is 6.11 Å². The average molecular weight is 490 g/mol. The van der Waals surface area contributed by atoms with Crippen LogP contribution in [0.1, 0.15) is 16.7 Å². The van der Waals surface area contributed by atoms with E-state index in [1.165, 1.54) is 0 Å². The summed E-state index contributed by atoms with van der Waals surface area (Å²) in [6, 6.07) is 14.3. The molecule has 4 aromatic carbocycles. The maximum absolute atomic E-state index is 14.6. The minimum atomic E-state index is -4.55. The molecule has 0 saturated heterocycles. The highest BCUT2D eigenvalue weighted by molar-refractivity contribution is 5.71. The van der Waals surface area contributed by atoms with Gasteiger partial charge >= 0.3 is 6.11 Å². The van der Waals surface area contributed by atoms with E-state index in [-0.39, 0.29) is 17.7 Å². The van der Waals surface area contributed by atoms with Crippen molar-refractivity contribution in [3.05, 3.63) is 113 Å². The molecule has 0 atom stereocenters. The Kier molecular flexibility index (Phi) is 6.32. The van der Waals surface area contributed by atoms with Crippen LogP contribution in [0.4, 0.5) is 30.7 Å². The average Bonchev–Trinajstić information content (AvgIpc) is 2.81. The molecule has 4 rings (SSSR count). The van der Waals surface area contributed by atoms with Crippen LogP contribution in [0, 0.1) is 42.9 Å². The molecule has 0 N–H and O–H groups in total. The lowest BCUT2D eigenvalue weighted by Gasteiger charge is -2.20. The van der Waals surface area contributed by atoms with E-state index < -0.39 is 46.5 Å². The number of rotatable bonds is 5. The Morgan fingerprint density at radius 2 is 1.03 bits per heavy atom. The van der Waals surface area contributed by atoms with E-state index in [0.29, 0.717) is 5.56 Å². The Morgan fingerprint density at radius 3 is 1.54 bits per heavy atom. The molecule has 0 aliphatic heterocycles. The highest BCUT2D eigenvalue weighted by Crippen LogP contribution is 2.37. The van der Waals surface area contributed by atoms with E-state index in [0.717, 1.165) is 34.4 Å². The third-order valence-electron chi connectivity index (χ3n) is 5.61. The van der Waals surface area contributed by atoms with E-state index in [1.54, 1.807) is 24.3 Å². The van der Waals surface area contributed by atoms with Gasteiger partial charge in [-0.1, -0.05) is 42.5 Å². The first-order chi connectivity index (χ1) is 16.5. The van der Waals surface area contributed by atoms with Gasteiger partial charge in [0.1, 0.15) is 0 Å². The number of hydrogen-bond donors (Lipinski definition) is 0. The number of benzene rings is 4. The van der Waals surface area contributed by atoms with Crippen molar-refractivity contribution in [1.29, 1.82) is 0 Å². The van der Waals surface area contributed by atoms with Crippen LogP contribution in [0.25, 0.3) is 22.3 Å². The fourth-order valence-corrected chi connectivity index (χ4v) is 3.51. The summed E-state index contributed by atoms with van der Waals surface area (Å²) in [6.07, 6.45) is -4.55. The first kappa shape index (κ1) is 24.3. The minimum absolute atomic E-state index is 0.0142. The Hall–Kier alpha value is -3.81. The number of hydrogen-bond acceptors (Lipinski definition) is 1. The lowest BCUT2D eigenvalue weighted by Crippen LogP contribution is -2.24. The Bertz CT molecular complexity index is 1370. The Labute approximate surface area is 196 Å². The molecule has 0 bridgehead atoms. The fraction of sp³-hybridized carbons (Fsp3) is 0.111. The maximum atomic E-state index is 14.6. The number of alkyl halides is 2. The smallest absolute Gasteiger partial charge is 0.423 e. The third-order valence-corrected chi connectivity index (χ3v) is 5.61. The molecule has 0 saturated carbocycles. The van der Waals surface area contributed by atoms with Crippen molar-refractivity contribution in [1.82, 2.24) is 0 Å². The lowest BCUT2D eigenvalue weighted by atomic mass is 9.98. The van der Waals surface area contributed by atoms with Crippen LogP contribution in [0.15, 0.2) is 66.7 Å². The largest absolute Gasteiger partial charge is 0.427 e. The summed E-state index contributed by atoms with van der Waals surface area (Å²) in [5.74, 6) is -10.1. The van der Waals surface area contributed by atoms with Crippen molar-refractivity contribution in [3.8, 4) is 28.0 Å². The molecule has 0 spiro atoms. The minimum Gasteiger partial charge on any atom is -0.423 e. The number of halogens is 7. The van der Waals surface area contributed by atoms with E-state index in [1.807, 2.05) is 32.0 Å². The summed E-state index contributed by atoms with van der Waals surface area (Å²) in [4.78, 5) is 0. The summed E-state index contributed by atoms with van der Waals surface area (Å²) in [7, 11) is 0. The normalized spacial score (nSPS) is 11.6. The first-order valence-electron chi connectivity index (χ1n) is 10.3. The highest BCUT2D eigenvalue weighted by Gasteiger charge is 2.38. The van der Waals surface area contributed by atoms with Gasteiger partial charge in [0, 0.05) is 0 Å². The topological polar surface area (TPSA) is 9.23 Å². The fourth-order valence-electron chi connectivity index (χ4n) is 3.51.